The van der Waals surface area contributed by atoms with Gasteiger partial charge in [0, 0.05) is 32.4 Å². The average molecular weight is 338 g/mol. The van der Waals surface area contributed by atoms with E-state index in [1.807, 2.05) is 32.3 Å². The summed E-state index contributed by atoms with van der Waals surface area (Å²) in [6, 6.07) is 13.9. The van der Waals surface area contributed by atoms with Gasteiger partial charge in [-0.1, -0.05) is 18.2 Å². The summed E-state index contributed by atoms with van der Waals surface area (Å²) in [6.07, 6.45) is 4.10. The molecule has 2 aromatic carbocycles. The van der Waals surface area contributed by atoms with Gasteiger partial charge in [0.05, 0.1) is 0 Å². The number of amides is 1. The van der Waals surface area contributed by atoms with Gasteiger partial charge in [0.25, 0.3) is 0 Å². The highest BCUT2D eigenvalue weighted by molar-refractivity contribution is 5.91. The highest BCUT2D eigenvalue weighted by Gasteiger charge is 2.12. The summed E-state index contributed by atoms with van der Waals surface area (Å²) >= 11 is 0. The van der Waals surface area contributed by atoms with Crippen molar-refractivity contribution in [1.29, 1.82) is 0 Å². The number of rotatable bonds is 6. The smallest absolute Gasteiger partial charge is 0.244 e. The van der Waals surface area contributed by atoms with Crippen molar-refractivity contribution in [3.05, 3.63) is 59.7 Å². The summed E-state index contributed by atoms with van der Waals surface area (Å²) < 4.78 is 10.6. The number of ether oxygens (including phenoxy) is 2. The largest absolute Gasteiger partial charge is 0.454 e. The van der Waals surface area contributed by atoms with Crippen molar-refractivity contribution in [3.63, 3.8) is 0 Å². The number of fused-ring (bicyclic) bond motifs is 1. The summed E-state index contributed by atoms with van der Waals surface area (Å²) in [6.45, 7) is 0.851. The summed E-state index contributed by atoms with van der Waals surface area (Å²) in [5.74, 6) is 1.34. The minimum absolute atomic E-state index is 0.109. The zero-order chi connectivity index (χ0) is 17.6. The Morgan fingerprint density at radius 1 is 1.12 bits per heavy atom. The van der Waals surface area contributed by atoms with E-state index >= 15 is 0 Å². The van der Waals surface area contributed by atoms with Crippen molar-refractivity contribution in [2.45, 2.75) is 6.42 Å². The molecule has 1 amide bonds. The average Bonchev–Trinajstić information content (AvgIpc) is 3.08. The summed E-state index contributed by atoms with van der Waals surface area (Å²) in [5, 5.41) is 2.90. The summed E-state index contributed by atoms with van der Waals surface area (Å²) in [7, 11) is 4.03. The van der Waals surface area contributed by atoms with E-state index < -0.39 is 0 Å². The first kappa shape index (κ1) is 16.9. The molecule has 0 unspecified atom stereocenters. The molecule has 25 heavy (non-hydrogen) atoms. The van der Waals surface area contributed by atoms with Crippen LogP contribution in [-0.2, 0) is 11.2 Å². The third kappa shape index (κ3) is 4.53. The third-order valence-corrected chi connectivity index (χ3v) is 3.99. The van der Waals surface area contributed by atoms with Crippen molar-refractivity contribution in [2.24, 2.45) is 0 Å². The van der Waals surface area contributed by atoms with E-state index in [9.17, 15) is 4.79 Å². The molecule has 0 fully saturated rings. The number of carbonyl (C=O) groups excluding carboxylic acids is 1. The van der Waals surface area contributed by atoms with Gasteiger partial charge in [-0.2, -0.15) is 0 Å². The van der Waals surface area contributed by atoms with Crippen molar-refractivity contribution < 1.29 is 14.3 Å². The second-order valence-electron chi connectivity index (χ2n) is 6.05. The number of carbonyl (C=O) groups is 1. The van der Waals surface area contributed by atoms with Gasteiger partial charge in [0.15, 0.2) is 11.5 Å². The number of nitrogens with one attached hydrogen (secondary N) is 1. The van der Waals surface area contributed by atoms with Crippen molar-refractivity contribution in [3.8, 4) is 11.5 Å². The molecule has 5 nitrogen and oxygen atoms in total. The van der Waals surface area contributed by atoms with Gasteiger partial charge in [-0.05, 0) is 47.9 Å². The van der Waals surface area contributed by atoms with Gasteiger partial charge < -0.3 is 19.7 Å². The van der Waals surface area contributed by atoms with E-state index in [-0.39, 0.29) is 12.7 Å². The molecule has 0 spiro atoms. The maximum Gasteiger partial charge on any atom is 0.244 e. The van der Waals surface area contributed by atoms with Crippen LogP contribution in [0.1, 0.15) is 11.1 Å². The number of benzene rings is 2. The van der Waals surface area contributed by atoms with Crippen LogP contribution < -0.4 is 19.7 Å². The van der Waals surface area contributed by atoms with Crippen LogP contribution in [0.4, 0.5) is 5.69 Å². The molecular weight excluding hydrogens is 316 g/mol. The first-order chi connectivity index (χ1) is 12.1. The number of anilines is 1. The third-order valence-electron chi connectivity index (χ3n) is 3.99. The minimum atomic E-state index is -0.109. The van der Waals surface area contributed by atoms with E-state index in [2.05, 4.69) is 34.5 Å². The fourth-order valence-electron chi connectivity index (χ4n) is 2.54. The number of hydrogen-bond acceptors (Lipinski definition) is 4. The van der Waals surface area contributed by atoms with Gasteiger partial charge in [-0.15, -0.1) is 0 Å². The molecule has 0 atom stereocenters. The molecule has 1 aliphatic heterocycles. The normalized spacial score (nSPS) is 12.4. The minimum Gasteiger partial charge on any atom is -0.454 e. The maximum absolute atomic E-state index is 11.9. The Morgan fingerprint density at radius 2 is 1.88 bits per heavy atom. The Balaban J connectivity index is 1.46. The molecule has 0 saturated carbocycles. The lowest BCUT2D eigenvalue weighted by molar-refractivity contribution is -0.116. The number of hydrogen-bond donors (Lipinski definition) is 1. The SMILES string of the molecule is CN(C)c1ccc(CCNC(=O)/C=C/c2ccc3c(c2)OCO3)cc1. The van der Waals surface area contributed by atoms with Crippen molar-refractivity contribution in [1.82, 2.24) is 5.32 Å². The Hall–Kier alpha value is -2.95. The quantitative estimate of drug-likeness (QED) is 0.823. The van der Waals surface area contributed by atoms with Crippen molar-refractivity contribution >= 4 is 17.7 Å². The molecule has 3 rings (SSSR count). The van der Waals surface area contributed by atoms with Gasteiger partial charge >= 0.3 is 0 Å². The molecule has 1 heterocycles. The Labute approximate surface area is 147 Å². The lowest BCUT2D eigenvalue weighted by Gasteiger charge is -2.12. The van der Waals surface area contributed by atoms with E-state index in [4.69, 9.17) is 9.47 Å². The van der Waals surface area contributed by atoms with Crippen molar-refractivity contribution in [2.75, 3.05) is 32.3 Å². The highest BCUT2D eigenvalue weighted by atomic mass is 16.7. The molecule has 0 radical (unpaired) electrons. The Bertz CT molecular complexity index is 767. The van der Waals surface area contributed by atoms with Gasteiger partial charge in [-0.25, -0.2) is 0 Å². The van der Waals surface area contributed by atoms with Gasteiger partial charge in [0.2, 0.25) is 12.7 Å². The standard InChI is InChI=1S/C20H22N2O3/c1-22(2)17-7-3-15(4-8-17)11-12-21-20(23)10-6-16-5-9-18-19(13-16)25-14-24-18/h3-10,13H,11-12,14H2,1-2H3,(H,21,23)/b10-6+. The molecule has 1 aliphatic rings. The van der Waals surface area contributed by atoms with E-state index in [0.717, 1.165) is 17.7 Å². The molecule has 130 valence electrons. The maximum atomic E-state index is 11.9. The van der Waals surface area contributed by atoms with Crippen LogP contribution in [0.3, 0.4) is 0 Å². The second-order valence-corrected chi connectivity index (χ2v) is 6.05. The Morgan fingerprint density at radius 3 is 2.64 bits per heavy atom. The zero-order valence-electron chi connectivity index (χ0n) is 14.5. The zero-order valence-corrected chi connectivity index (χ0v) is 14.5. The van der Waals surface area contributed by atoms with E-state index in [0.29, 0.717) is 12.3 Å². The molecule has 2 aromatic rings. The molecule has 5 heteroatoms. The topological polar surface area (TPSA) is 50.8 Å². The number of nitrogens with zero attached hydrogens (tertiary/aromatic N) is 1. The molecule has 0 bridgehead atoms. The van der Waals surface area contributed by atoms with E-state index in [1.165, 1.54) is 17.3 Å². The molecular formula is C20H22N2O3. The molecule has 0 saturated heterocycles. The van der Waals surface area contributed by atoms with Crippen LogP contribution in [-0.4, -0.2) is 33.3 Å². The van der Waals surface area contributed by atoms with Crippen LogP contribution in [0.5, 0.6) is 11.5 Å². The van der Waals surface area contributed by atoms with Gasteiger partial charge in [-0.3, -0.25) is 4.79 Å². The van der Waals surface area contributed by atoms with E-state index in [1.54, 1.807) is 6.08 Å². The Kier molecular flexibility index (Phi) is 5.23. The van der Waals surface area contributed by atoms with Crippen LogP contribution in [0.15, 0.2) is 48.5 Å². The van der Waals surface area contributed by atoms with Crippen LogP contribution >= 0.6 is 0 Å². The fraction of sp³-hybridized carbons (Fsp3) is 0.250. The van der Waals surface area contributed by atoms with Crippen LogP contribution in [0.2, 0.25) is 0 Å². The second kappa shape index (κ2) is 7.75. The lowest BCUT2D eigenvalue weighted by atomic mass is 10.1. The molecule has 0 aliphatic carbocycles. The monoisotopic (exact) mass is 338 g/mol. The first-order valence-electron chi connectivity index (χ1n) is 8.23. The predicted molar refractivity (Wildman–Crippen MR) is 99.1 cm³/mol. The van der Waals surface area contributed by atoms with Crippen LogP contribution in [0, 0.1) is 0 Å². The fourth-order valence-corrected chi connectivity index (χ4v) is 2.54. The summed E-state index contributed by atoms with van der Waals surface area (Å²) in [4.78, 5) is 14.0. The van der Waals surface area contributed by atoms with Gasteiger partial charge in [0.1, 0.15) is 0 Å². The molecule has 1 N–H and O–H groups in total. The summed E-state index contributed by atoms with van der Waals surface area (Å²) in [5.41, 5.74) is 3.27. The lowest BCUT2D eigenvalue weighted by Crippen LogP contribution is -2.23. The highest BCUT2D eigenvalue weighted by Crippen LogP contribution is 2.32. The molecule has 0 aromatic heterocycles. The predicted octanol–water partition coefficient (Wildman–Crippen LogP) is 2.85. The van der Waals surface area contributed by atoms with Crippen LogP contribution in [0.25, 0.3) is 6.08 Å². The first-order valence-corrected chi connectivity index (χ1v) is 8.23.